The molecule has 0 atom stereocenters. The van der Waals surface area contributed by atoms with Crippen LogP contribution in [0.25, 0.3) is 0 Å². The minimum absolute atomic E-state index is 0.167. The van der Waals surface area contributed by atoms with E-state index >= 15 is 0 Å². The lowest BCUT2D eigenvalue weighted by Gasteiger charge is -1.99. The quantitative estimate of drug-likeness (QED) is 0.361. The molecule has 22 heavy (non-hydrogen) atoms. The van der Waals surface area contributed by atoms with E-state index < -0.39 is 0 Å². The number of ketones is 1. The van der Waals surface area contributed by atoms with Gasteiger partial charge in [-0.05, 0) is 47.5 Å². The van der Waals surface area contributed by atoms with Gasteiger partial charge in [-0.15, -0.1) is 13.2 Å². The van der Waals surface area contributed by atoms with E-state index in [1.165, 1.54) is 56.3 Å². The van der Waals surface area contributed by atoms with Crippen molar-refractivity contribution in [2.45, 2.75) is 88.0 Å². The molecule has 0 bridgehead atoms. The second-order valence-corrected chi connectivity index (χ2v) is 5.70. The van der Waals surface area contributed by atoms with Crippen LogP contribution in [-0.4, -0.2) is 5.78 Å². The molecule has 0 spiro atoms. The van der Waals surface area contributed by atoms with Crippen molar-refractivity contribution in [1.29, 1.82) is 0 Å². The molecule has 0 amide bonds. The number of hydrogen-bond acceptors (Lipinski definition) is 1. The first kappa shape index (κ1) is 29.0. The van der Waals surface area contributed by atoms with Gasteiger partial charge >= 0.3 is 0 Å². The Bertz CT molecular complexity index is 283. The van der Waals surface area contributed by atoms with Crippen molar-refractivity contribution >= 4 is 5.78 Å². The topological polar surface area (TPSA) is 17.1 Å². The predicted octanol–water partition coefficient (Wildman–Crippen LogP) is 7.54. The van der Waals surface area contributed by atoms with Gasteiger partial charge in [-0.2, -0.15) is 0 Å². The molecule has 0 radical (unpaired) electrons. The molecule has 1 saturated carbocycles. The highest BCUT2D eigenvalue weighted by Gasteiger charge is 2.07. The molecule has 0 aromatic heterocycles. The van der Waals surface area contributed by atoms with Crippen molar-refractivity contribution in [2.75, 3.05) is 0 Å². The first-order valence-electron chi connectivity index (χ1n) is 8.45. The second-order valence-electron chi connectivity index (χ2n) is 5.70. The molecule has 0 N–H and O–H groups in total. The third-order valence-electron chi connectivity index (χ3n) is 3.03. The summed E-state index contributed by atoms with van der Waals surface area (Å²) < 4.78 is 0. The van der Waals surface area contributed by atoms with Crippen LogP contribution in [-0.2, 0) is 4.79 Å². The molecule has 0 unspecified atom stereocenters. The van der Waals surface area contributed by atoms with Gasteiger partial charge in [0, 0.05) is 0 Å². The lowest BCUT2D eigenvalue weighted by atomic mass is 10.1. The lowest BCUT2D eigenvalue weighted by Crippen LogP contribution is -1.78. The van der Waals surface area contributed by atoms with E-state index in [1.807, 2.05) is 20.8 Å². The van der Waals surface area contributed by atoms with Crippen molar-refractivity contribution < 1.29 is 4.79 Å². The van der Waals surface area contributed by atoms with Crippen LogP contribution in [0.1, 0.15) is 88.0 Å². The van der Waals surface area contributed by atoms with Crippen molar-refractivity contribution in [2.24, 2.45) is 5.92 Å². The SMILES string of the molecule is C=C.C=C(C)C(C)=C(C)C.CC.CC(C)=O.CC1CCCC1. The molecule has 1 rings (SSSR count). The molecule has 0 aromatic carbocycles. The molecule has 132 valence electrons. The summed E-state index contributed by atoms with van der Waals surface area (Å²) in [4.78, 5) is 9.44. The minimum Gasteiger partial charge on any atom is -0.300 e. The van der Waals surface area contributed by atoms with Crippen LogP contribution in [0.15, 0.2) is 36.5 Å². The molecular formula is C21H42O. The normalized spacial score (nSPS) is 11.7. The zero-order chi connectivity index (χ0) is 18.7. The van der Waals surface area contributed by atoms with Crippen LogP contribution in [0.3, 0.4) is 0 Å². The van der Waals surface area contributed by atoms with Crippen LogP contribution in [0.4, 0.5) is 0 Å². The van der Waals surface area contributed by atoms with Gasteiger partial charge in [0.15, 0.2) is 0 Å². The summed E-state index contributed by atoms with van der Waals surface area (Å²) in [5.41, 5.74) is 3.85. The van der Waals surface area contributed by atoms with Gasteiger partial charge in [0.1, 0.15) is 5.78 Å². The third kappa shape index (κ3) is 31.3. The van der Waals surface area contributed by atoms with Crippen LogP contribution in [0.2, 0.25) is 0 Å². The fourth-order valence-electron chi connectivity index (χ4n) is 1.56. The van der Waals surface area contributed by atoms with Crippen molar-refractivity contribution in [3.05, 3.63) is 36.5 Å². The van der Waals surface area contributed by atoms with Crippen LogP contribution >= 0.6 is 0 Å². The number of hydrogen-bond donors (Lipinski definition) is 0. The summed E-state index contributed by atoms with van der Waals surface area (Å²) in [5.74, 6) is 1.21. The van der Waals surface area contributed by atoms with Gasteiger partial charge in [0.05, 0.1) is 0 Å². The Morgan fingerprint density at radius 2 is 1.14 bits per heavy atom. The summed E-state index contributed by atoms with van der Waals surface area (Å²) in [5, 5.41) is 0. The summed E-state index contributed by atoms with van der Waals surface area (Å²) >= 11 is 0. The van der Waals surface area contributed by atoms with Crippen LogP contribution < -0.4 is 0 Å². The largest absolute Gasteiger partial charge is 0.300 e. The molecule has 0 aliphatic heterocycles. The highest BCUT2D eigenvalue weighted by molar-refractivity contribution is 5.72. The molecule has 1 fully saturated rings. The fraction of sp³-hybridized carbons (Fsp3) is 0.667. The van der Waals surface area contributed by atoms with E-state index in [9.17, 15) is 4.79 Å². The Kier molecular flexibility index (Phi) is 29.2. The van der Waals surface area contributed by atoms with Crippen molar-refractivity contribution in [3.8, 4) is 0 Å². The van der Waals surface area contributed by atoms with Gasteiger partial charge in [-0.1, -0.05) is 69.8 Å². The van der Waals surface area contributed by atoms with Crippen molar-refractivity contribution in [3.63, 3.8) is 0 Å². The molecule has 0 heterocycles. The third-order valence-corrected chi connectivity index (χ3v) is 3.03. The Morgan fingerprint density at radius 1 is 0.864 bits per heavy atom. The highest BCUT2D eigenvalue weighted by Crippen LogP contribution is 2.22. The van der Waals surface area contributed by atoms with Crippen LogP contribution in [0, 0.1) is 5.92 Å². The summed E-state index contributed by atoms with van der Waals surface area (Å²) in [6.07, 6.45) is 5.95. The van der Waals surface area contributed by atoms with Gasteiger partial charge in [0.2, 0.25) is 0 Å². The Labute approximate surface area is 141 Å². The molecule has 1 heteroatoms. The highest BCUT2D eigenvalue weighted by atomic mass is 16.1. The maximum absolute atomic E-state index is 9.44. The first-order valence-corrected chi connectivity index (χ1v) is 8.45. The first-order chi connectivity index (χ1) is 10.2. The number of Topliss-reactive ketones (excluding diaryl/α,β-unsaturated/α-hetero) is 1. The maximum atomic E-state index is 9.44. The average molecular weight is 311 g/mol. The smallest absolute Gasteiger partial charge is 0.126 e. The van der Waals surface area contributed by atoms with Gasteiger partial charge in [0.25, 0.3) is 0 Å². The Balaban J connectivity index is -0.000000103. The molecular weight excluding hydrogens is 268 g/mol. The van der Waals surface area contributed by atoms with E-state index in [1.54, 1.807) is 0 Å². The number of carbonyl (C=O) groups excluding carboxylic acids is 1. The van der Waals surface area contributed by atoms with E-state index in [0.29, 0.717) is 0 Å². The maximum Gasteiger partial charge on any atom is 0.126 e. The molecule has 0 saturated heterocycles. The fourth-order valence-corrected chi connectivity index (χ4v) is 1.56. The number of rotatable bonds is 1. The average Bonchev–Trinajstić information content (AvgIpc) is 2.93. The van der Waals surface area contributed by atoms with E-state index in [2.05, 4.69) is 47.4 Å². The number of allylic oxidation sites excluding steroid dienone is 3. The van der Waals surface area contributed by atoms with Gasteiger partial charge < -0.3 is 4.79 Å². The minimum atomic E-state index is 0.167. The predicted molar refractivity (Wildman–Crippen MR) is 105 cm³/mol. The molecule has 1 aliphatic rings. The molecule has 1 aliphatic carbocycles. The molecule has 1 nitrogen and oxygen atoms in total. The summed E-state index contributed by atoms with van der Waals surface area (Å²) in [6.45, 7) is 27.5. The zero-order valence-electron chi connectivity index (χ0n) is 16.9. The van der Waals surface area contributed by atoms with Gasteiger partial charge in [-0.25, -0.2) is 0 Å². The second kappa shape index (κ2) is 22.2. The van der Waals surface area contributed by atoms with E-state index in [-0.39, 0.29) is 5.78 Å². The van der Waals surface area contributed by atoms with Gasteiger partial charge in [-0.3, -0.25) is 0 Å². The standard InChI is InChI=1S/C8H14.C6H12.C3H6O.C2H6.C2H4/c1-6(2)8(5)7(3)4;1-6-4-2-3-5-6;1-3(2)4;2*1-2/h1H2,2-5H3;6H,2-5H2,1H3;1-2H3;1-2H3;1-2H2. The van der Waals surface area contributed by atoms with E-state index in [0.717, 1.165) is 5.92 Å². The summed E-state index contributed by atoms with van der Waals surface area (Å²) in [6, 6.07) is 0. The monoisotopic (exact) mass is 310 g/mol. The number of carbonyl (C=O) groups is 1. The molecule has 0 aromatic rings. The lowest BCUT2D eigenvalue weighted by molar-refractivity contribution is -0.114. The Morgan fingerprint density at radius 3 is 1.18 bits per heavy atom. The van der Waals surface area contributed by atoms with Crippen molar-refractivity contribution in [1.82, 2.24) is 0 Å². The Hall–Kier alpha value is -1.11. The zero-order valence-corrected chi connectivity index (χ0v) is 16.9. The van der Waals surface area contributed by atoms with E-state index in [4.69, 9.17) is 0 Å². The van der Waals surface area contributed by atoms with Crippen LogP contribution in [0.5, 0.6) is 0 Å². The summed E-state index contributed by atoms with van der Waals surface area (Å²) in [7, 11) is 0.